The predicted octanol–water partition coefficient (Wildman–Crippen LogP) is 3.79. The van der Waals surface area contributed by atoms with Gasteiger partial charge in [0.25, 0.3) is 0 Å². The molecule has 1 atom stereocenters. The standard InChI is InChI=1S/C16H29N3OS.HI/c1-6-20-14(12(2)3)7-9-18-16(17-5)19-11-15-13(4)8-10-21-15;/h8,10,12,14H,6-7,9,11H2,1-5H3,(H2,17,18,19);1H. The molecule has 0 aliphatic carbocycles. The Labute approximate surface area is 156 Å². The highest BCUT2D eigenvalue weighted by Crippen LogP contribution is 2.14. The number of halogens is 1. The molecule has 6 heteroatoms. The number of ether oxygens (including phenoxy) is 1. The molecule has 0 spiro atoms. The minimum Gasteiger partial charge on any atom is -0.378 e. The zero-order chi connectivity index (χ0) is 15.7. The van der Waals surface area contributed by atoms with Crippen LogP contribution in [0.25, 0.3) is 0 Å². The first-order chi connectivity index (χ1) is 10.1. The van der Waals surface area contributed by atoms with Crippen LogP contribution in [0.4, 0.5) is 0 Å². The number of aryl methyl sites for hydroxylation is 1. The number of hydrogen-bond donors (Lipinski definition) is 2. The quantitative estimate of drug-likeness (QED) is 0.368. The zero-order valence-corrected chi connectivity index (χ0v) is 17.5. The first kappa shape index (κ1) is 21.7. The summed E-state index contributed by atoms with van der Waals surface area (Å²) in [5.74, 6) is 1.39. The van der Waals surface area contributed by atoms with Gasteiger partial charge in [-0.2, -0.15) is 0 Å². The lowest BCUT2D eigenvalue weighted by Crippen LogP contribution is -2.38. The monoisotopic (exact) mass is 439 g/mol. The van der Waals surface area contributed by atoms with Crippen LogP contribution in [0.1, 0.15) is 37.6 Å². The molecule has 0 saturated carbocycles. The molecule has 0 bridgehead atoms. The van der Waals surface area contributed by atoms with E-state index in [0.717, 1.165) is 32.1 Å². The molecule has 0 aliphatic heterocycles. The molecular weight excluding hydrogens is 409 g/mol. The second-order valence-electron chi connectivity index (χ2n) is 5.41. The number of aliphatic imine (C=N–C) groups is 1. The highest BCUT2D eigenvalue weighted by Gasteiger charge is 2.13. The average molecular weight is 439 g/mol. The van der Waals surface area contributed by atoms with Crippen molar-refractivity contribution in [1.29, 1.82) is 0 Å². The van der Waals surface area contributed by atoms with Crippen molar-refractivity contribution < 1.29 is 4.74 Å². The summed E-state index contributed by atoms with van der Waals surface area (Å²) < 4.78 is 5.75. The topological polar surface area (TPSA) is 45.6 Å². The molecule has 0 aromatic carbocycles. The Balaban J connectivity index is 0.00000441. The van der Waals surface area contributed by atoms with Gasteiger partial charge in [-0.05, 0) is 43.2 Å². The van der Waals surface area contributed by atoms with Gasteiger partial charge in [0.2, 0.25) is 0 Å². The Bertz CT molecular complexity index is 435. The summed E-state index contributed by atoms with van der Waals surface area (Å²) in [7, 11) is 1.80. The van der Waals surface area contributed by atoms with Crippen LogP contribution in [0.15, 0.2) is 16.4 Å². The first-order valence-corrected chi connectivity index (χ1v) is 8.55. The van der Waals surface area contributed by atoms with Gasteiger partial charge in [0.15, 0.2) is 5.96 Å². The van der Waals surface area contributed by atoms with E-state index < -0.39 is 0 Å². The molecule has 0 radical (unpaired) electrons. The van der Waals surface area contributed by atoms with Crippen molar-refractivity contribution >= 4 is 41.3 Å². The number of thiophene rings is 1. The Morgan fingerprint density at radius 3 is 2.59 bits per heavy atom. The van der Waals surface area contributed by atoms with Gasteiger partial charge in [0, 0.05) is 25.1 Å². The highest BCUT2D eigenvalue weighted by molar-refractivity contribution is 14.0. The van der Waals surface area contributed by atoms with E-state index in [9.17, 15) is 0 Å². The van der Waals surface area contributed by atoms with Crippen LogP contribution in [0.5, 0.6) is 0 Å². The van der Waals surface area contributed by atoms with E-state index in [2.05, 4.69) is 47.8 Å². The molecule has 1 aromatic heterocycles. The number of nitrogens with one attached hydrogen (secondary N) is 2. The SMILES string of the molecule is CCOC(CCNC(=NC)NCc1sccc1C)C(C)C.I. The first-order valence-electron chi connectivity index (χ1n) is 7.67. The van der Waals surface area contributed by atoms with Crippen molar-refractivity contribution in [3.63, 3.8) is 0 Å². The Kier molecular flexibility index (Phi) is 11.9. The Hall–Kier alpha value is -0.340. The molecule has 1 rings (SSSR count). The van der Waals surface area contributed by atoms with E-state index in [1.165, 1.54) is 10.4 Å². The van der Waals surface area contributed by atoms with Crippen LogP contribution < -0.4 is 10.6 Å². The van der Waals surface area contributed by atoms with Crippen molar-refractivity contribution in [1.82, 2.24) is 10.6 Å². The van der Waals surface area contributed by atoms with Crippen molar-refractivity contribution in [3.05, 3.63) is 21.9 Å². The molecular formula is C16H30IN3OS. The van der Waals surface area contributed by atoms with E-state index in [1.54, 1.807) is 18.4 Å². The minimum absolute atomic E-state index is 0. The van der Waals surface area contributed by atoms with Crippen LogP contribution in [0.2, 0.25) is 0 Å². The predicted molar refractivity (Wildman–Crippen MR) is 108 cm³/mol. The second-order valence-corrected chi connectivity index (χ2v) is 6.41. The van der Waals surface area contributed by atoms with Crippen molar-refractivity contribution in [3.8, 4) is 0 Å². The summed E-state index contributed by atoms with van der Waals surface area (Å²) in [5, 5.41) is 8.84. The summed E-state index contributed by atoms with van der Waals surface area (Å²) in [6, 6.07) is 2.15. The van der Waals surface area contributed by atoms with Crippen LogP contribution in [0, 0.1) is 12.8 Å². The lowest BCUT2D eigenvalue weighted by molar-refractivity contribution is 0.0258. The molecule has 4 nitrogen and oxygen atoms in total. The molecule has 22 heavy (non-hydrogen) atoms. The Morgan fingerprint density at radius 1 is 1.36 bits per heavy atom. The largest absolute Gasteiger partial charge is 0.378 e. The third-order valence-electron chi connectivity index (χ3n) is 3.45. The summed E-state index contributed by atoms with van der Waals surface area (Å²) in [4.78, 5) is 5.62. The summed E-state index contributed by atoms with van der Waals surface area (Å²) in [6.45, 7) is 11.0. The smallest absolute Gasteiger partial charge is 0.191 e. The number of hydrogen-bond acceptors (Lipinski definition) is 3. The molecule has 1 unspecified atom stereocenters. The summed E-state index contributed by atoms with van der Waals surface area (Å²) in [6.07, 6.45) is 1.30. The third kappa shape index (κ3) is 7.78. The van der Waals surface area contributed by atoms with Crippen molar-refractivity contribution in [2.75, 3.05) is 20.2 Å². The van der Waals surface area contributed by atoms with E-state index in [1.807, 2.05) is 6.92 Å². The van der Waals surface area contributed by atoms with Crippen LogP contribution >= 0.6 is 35.3 Å². The Morgan fingerprint density at radius 2 is 2.09 bits per heavy atom. The number of rotatable bonds is 8. The number of guanidine groups is 1. The fourth-order valence-corrected chi connectivity index (χ4v) is 2.97. The van der Waals surface area contributed by atoms with E-state index in [-0.39, 0.29) is 24.0 Å². The lowest BCUT2D eigenvalue weighted by Gasteiger charge is -2.21. The van der Waals surface area contributed by atoms with Gasteiger partial charge in [-0.15, -0.1) is 35.3 Å². The van der Waals surface area contributed by atoms with Crippen molar-refractivity contribution in [2.24, 2.45) is 10.9 Å². The average Bonchev–Trinajstić information content (AvgIpc) is 2.86. The van der Waals surface area contributed by atoms with Crippen LogP contribution in [0.3, 0.4) is 0 Å². The van der Waals surface area contributed by atoms with Gasteiger partial charge in [-0.25, -0.2) is 0 Å². The molecule has 1 aromatic rings. The minimum atomic E-state index is 0. The maximum absolute atomic E-state index is 5.75. The fourth-order valence-electron chi connectivity index (χ4n) is 2.13. The number of nitrogens with zero attached hydrogens (tertiary/aromatic N) is 1. The molecule has 0 amide bonds. The van der Waals surface area contributed by atoms with Gasteiger partial charge in [-0.1, -0.05) is 13.8 Å². The summed E-state index contributed by atoms with van der Waals surface area (Å²) >= 11 is 1.78. The van der Waals surface area contributed by atoms with E-state index in [4.69, 9.17) is 4.74 Å². The van der Waals surface area contributed by atoms with Gasteiger partial charge in [0.05, 0.1) is 12.6 Å². The van der Waals surface area contributed by atoms with Crippen LogP contribution in [-0.4, -0.2) is 32.3 Å². The normalized spacial score (nSPS) is 12.9. The maximum atomic E-state index is 5.75. The maximum Gasteiger partial charge on any atom is 0.191 e. The van der Waals surface area contributed by atoms with Crippen molar-refractivity contribution in [2.45, 2.75) is 46.8 Å². The van der Waals surface area contributed by atoms with E-state index in [0.29, 0.717) is 12.0 Å². The molecule has 0 fully saturated rings. The second kappa shape index (κ2) is 12.1. The third-order valence-corrected chi connectivity index (χ3v) is 4.48. The summed E-state index contributed by atoms with van der Waals surface area (Å²) in [5.41, 5.74) is 1.33. The van der Waals surface area contributed by atoms with Gasteiger partial charge in [0.1, 0.15) is 0 Å². The highest BCUT2D eigenvalue weighted by atomic mass is 127. The molecule has 128 valence electrons. The van der Waals surface area contributed by atoms with E-state index >= 15 is 0 Å². The van der Waals surface area contributed by atoms with Gasteiger partial charge < -0.3 is 15.4 Å². The fraction of sp³-hybridized carbons (Fsp3) is 0.688. The van der Waals surface area contributed by atoms with Gasteiger partial charge >= 0.3 is 0 Å². The molecule has 1 heterocycles. The molecule has 0 aliphatic rings. The molecule has 0 saturated heterocycles. The van der Waals surface area contributed by atoms with Crippen LogP contribution in [-0.2, 0) is 11.3 Å². The molecule has 2 N–H and O–H groups in total. The zero-order valence-electron chi connectivity index (χ0n) is 14.3. The lowest BCUT2D eigenvalue weighted by atomic mass is 10.0. The van der Waals surface area contributed by atoms with Gasteiger partial charge in [-0.3, -0.25) is 4.99 Å².